The highest BCUT2D eigenvalue weighted by molar-refractivity contribution is 7.37. The van der Waals surface area contributed by atoms with E-state index in [1.54, 1.807) is 8.58 Å². The predicted octanol–water partition coefficient (Wildman–Crippen LogP) is 6.37. The van der Waals surface area contributed by atoms with E-state index in [9.17, 15) is 0 Å². The van der Waals surface area contributed by atoms with Crippen LogP contribution in [-0.4, -0.2) is 12.3 Å². The van der Waals surface area contributed by atoms with Crippen LogP contribution in [-0.2, 0) is 0 Å². The topological polar surface area (TPSA) is 0 Å². The van der Waals surface area contributed by atoms with Crippen LogP contribution in [0.1, 0.15) is 79.1 Å². The van der Waals surface area contributed by atoms with Gasteiger partial charge in [-0.2, -0.15) is 0 Å². The molecule has 0 fully saturated rings. The van der Waals surface area contributed by atoms with E-state index >= 15 is 0 Å². The fourth-order valence-electron chi connectivity index (χ4n) is 2.02. The van der Waals surface area contributed by atoms with Crippen molar-refractivity contribution in [3.63, 3.8) is 0 Å². The molecular formula is C16H34P. The molecule has 0 unspecified atom stereocenters. The van der Waals surface area contributed by atoms with Crippen LogP contribution in [0.4, 0.5) is 0 Å². The Kier molecular flexibility index (Phi) is 13.2. The Hall–Kier alpha value is 0.430. The zero-order valence-electron chi connectivity index (χ0n) is 12.7. The molecule has 0 nitrogen and oxygen atoms in total. The molecule has 1 heteroatoms. The van der Waals surface area contributed by atoms with E-state index in [0.29, 0.717) is 0 Å². The molecule has 0 rings (SSSR count). The van der Waals surface area contributed by atoms with Crippen molar-refractivity contribution < 1.29 is 0 Å². The molecule has 0 N–H and O–H groups in total. The highest BCUT2D eigenvalue weighted by Gasteiger charge is 1.96. The number of unbranched alkanes of at least 4 members (excludes halogenated alkanes) is 4. The van der Waals surface area contributed by atoms with Crippen LogP contribution in [0, 0.1) is 11.8 Å². The lowest BCUT2D eigenvalue weighted by molar-refractivity contribution is 0.534. The Labute approximate surface area is 112 Å². The van der Waals surface area contributed by atoms with Gasteiger partial charge in [-0.15, -0.1) is 0 Å². The first kappa shape index (κ1) is 17.4. The molecule has 0 aromatic heterocycles. The van der Waals surface area contributed by atoms with Crippen LogP contribution in [0.15, 0.2) is 0 Å². The molecule has 0 aliphatic rings. The molecule has 0 aromatic carbocycles. The van der Waals surface area contributed by atoms with Crippen molar-refractivity contribution in [1.82, 2.24) is 0 Å². The number of hydrogen-bond donors (Lipinski definition) is 0. The van der Waals surface area contributed by atoms with E-state index in [1.807, 2.05) is 0 Å². The van der Waals surface area contributed by atoms with Gasteiger partial charge in [-0.05, 0) is 37.0 Å². The lowest BCUT2D eigenvalue weighted by Crippen LogP contribution is -1.89. The Balaban J connectivity index is 2.94. The Bertz CT molecular complexity index is 124. The van der Waals surface area contributed by atoms with E-state index in [2.05, 4.69) is 27.7 Å². The van der Waals surface area contributed by atoms with Crippen LogP contribution >= 0.6 is 8.58 Å². The number of hydrogen-bond acceptors (Lipinski definition) is 0. The van der Waals surface area contributed by atoms with Gasteiger partial charge in [0, 0.05) is 0 Å². The monoisotopic (exact) mass is 257 g/mol. The SMILES string of the molecule is CC(C)CCCCC[P]CCCCCC(C)C. The smallest absolute Gasteiger partial charge is 0.0287 e. The van der Waals surface area contributed by atoms with Crippen molar-refractivity contribution >= 4 is 8.58 Å². The van der Waals surface area contributed by atoms with Crippen molar-refractivity contribution in [2.45, 2.75) is 79.1 Å². The molecule has 0 heterocycles. The van der Waals surface area contributed by atoms with Crippen LogP contribution in [0.3, 0.4) is 0 Å². The molecule has 0 saturated carbocycles. The Morgan fingerprint density at radius 3 is 1.35 bits per heavy atom. The summed E-state index contributed by atoms with van der Waals surface area (Å²) >= 11 is 0. The molecule has 1 radical (unpaired) electrons. The average molecular weight is 257 g/mol. The fraction of sp³-hybridized carbons (Fsp3) is 1.00. The summed E-state index contributed by atoms with van der Waals surface area (Å²) < 4.78 is 0. The van der Waals surface area contributed by atoms with E-state index in [-0.39, 0.29) is 0 Å². The summed E-state index contributed by atoms with van der Waals surface area (Å²) in [6, 6.07) is 0. The normalized spacial score (nSPS) is 11.6. The minimum Gasteiger partial charge on any atom is -0.0810 e. The highest BCUT2D eigenvalue weighted by Crippen LogP contribution is 2.18. The second-order valence-electron chi connectivity index (χ2n) is 6.16. The first-order valence-electron chi connectivity index (χ1n) is 7.76. The van der Waals surface area contributed by atoms with Crippen molar-refractivity contribution in [2.24, 2.45) is 11.8 Å². The van der Waals surface area contributed by atoms with Gasteiger partial charge in [-0.1, -0.05) is 74.8 Å². The molecule has 0 bridgehead atoms. The van der Waals surface area contributed by atoms with Crippen LogP contribution in [0.25, 0.3) is 0 Å². The predicted molar refractivity (Wildman–Crippen MR) is 83.3 cm³/mol. The molecule has 0 saturated heterocycles. The molecule has 0 atom stereocenters. The summed E-state index contributed by atoms with van der Waals surface area (Å²) in [7, 11) is 1.71. The standard InChI is InChI=1S/C16H34P/c1-15(2)11-7-5-9-13-17-14-10-6-8-12-16(3)4/h15-16H,5-14H2,1-4H3. The zero-order chi connectivity index (χ0) is 12.9. The fourth-order valence-corrected chi connectivity index (χ4v) is 3.14. The van der Waals surface area contributed by atoms with Gasteiger partial charge in [0.2, 0.25) is 0 Å². The Morgan fingerprint density at radius 2 is 1.00 bits per heavy atom. The highest BCUT2D eigenvalue weighted by atomic mass is 31.1. The van der Waals surface area contributed by atoms with Crippen molar-refractivity contribution in [3.05, 3.63) is 0 Å². The summed E-state index contributed by atoms with van der Waals surface area (Å²) in [5, 5.41) is 0. The van der Waals surface area contributed by atoms with E-state index in [1.165, 1.54) is 63.7 Å². The molecule has 0 aliphatic carbocycles. The molecule has 0 aliphatic heterocycles. The van der Waals surface area contributed by atoms with E-state index in [0.717, 1.165) is 11.8 Å². The third-order valence-corrected chi connectivity index (χ3v) is 4.46. The van der Waals surface area contributed by atoms with Gasteiger partial charge in [0.05, 0.1) is 0 Å². The summed E-state index contributed by atoms with van der Waals surface area (Å²) in [6.45, 7) is 9.32. The molecule has 0 spiro atoms. The van der Waals surface area contributed by atoms with Gasteiger partial charge in [-0.25, -0.2) is 0 Å². The first-order valence-corrected chi connectivity index (χ1v) is 9.02. The summed E-state index contributed by atoms with van der Waals surface area (Å²) in [5.74, 6) is 1.79. The van der Waals surface area contributed by atoms with Gasteiger partial charge >= 0.3 is 0 Å². The van der Waals surface area contributed by atoms with Crippen molar-refractivity contribution in [3.8, 4) is 0 Å². The molecule has 103 valence electrons. The maximum atomic E-state index is 2.33. The van der Waals surface area contributed by atoms with Crippen LogP contribution in [0.2, 0.25) is 0 Å². The van der Waals surface area contributed by atoms with Gasteiger partial charge in [-0.3, -0.25) is 0 Å². The summed E-state index contributed by atoms with van der Waals surface area (Å²) in [5.41, 5.74) is 0. The minimum absolute atomic E-state index is 0.897. The van der Waals surface area contributed by atoms with E-state index in [4.69, 9.17) is 0 Å². The second-order valence-corrected chi connectivity index (χ2v) is 7.50. The van der Waals surface area contributed by atoms with Gasteiger partial charge in [0.15, 0.2) is 0 Å². The minimum atomic E-state index is 0.897. The molecule has 17 heavy (non-hydrogen) atoms. The summed E-state index contributed by atoms with van der Waals surface area (Å²) in [6.07, 6.45) is 14.5. The van der Waals surface area contributed by atoms with Gasteiger partial charge < -0.3 is 0 Å². The van der Waals surface area contributed by atoms with Crippen molar-refractivity contribution in [1.29, 1.82) is 0 Å². The van der Waals surface area contributed by atoms with Gasteiger partial charge in [0.1, 0.15) is 0 Å². The Morgan fingerprint density at radius 1 is 0.588 bits per heavy atom. The molecule has 0 aromatic rings. The maximum absolute atomic E-state index is 2.33. The zero-order valence-corrected chi connectivity index (χ0v) is 13.6. The number of rotatable bonds is 12. The van der Waals surface area contributed by atoms with Crippen LogP contribution in [0.5, 0.6) is 0 Å². The quantitative estimate of drug-likeness (QED) is 0.281. The van der Waals surface area contributed by atoms with Crippen molar-refractivity contribution in [2.75, 3.05) is 12.3 Å². The third kappa shape index (κ3) is 16.4. The maximum Gasteiger partial charge on any atom is -0.0287 e. The van der Waals surface area contributed by atoms with E-state index < -0.39 is 0 Å². The largest absolute Gasteiger partial charge is 0.0810 e. The first-order chi connectivity index (χ1) is 8.13. The lowest BCUT2D eigenvalue weighted by Gasteiger charge is -2.05. The average Bonchev–Trinajstić information content (AvgIpc) is 2.25. The molecule has 0 amide bonds. The lowest BCUT2D eigenvalue weighted by atomic mass is 10.1. The second kappa shape index (κ2) is 12.9. The third-order valence-electron chi connectivity index (χ3n) is 3.20. The summed E-state index contributed by atoms with van der Waals surface area (Å²) in [4.78, 5) is 0. The van der Waals surface area contributed by atoms with Gasteiger partial charge in [0.25, 0.3) is 0 Å². The molecular weight excluding hydrogens is 223 g/mol. The van der Waals surface area contributed by atoms with Crippen LogP contribution < -0.4 is 0 Å².